The van der Waals surface area contributed by atoms with Gasteiger partial charge < -0.3 is 15.7 Å². The lowest BCUT2D eigenvalue weighted by Gasteiger charge is -2.35. The monoisotopic (exact) mass is 250 g/mol. The van der Waals surface area contributed by atoms with E-state index in [0.29, 0.717) is 11.7 Å². The lowest BCUT2D eigenvalue weighted by molar-refractivity contribution is 0.0464. The summed E-state index contributed by atoms with van der Waals surface area (Å²) in [7, 11) is 2.03. The van der Waals surface area contributed by atoms with Crippen LogP contribution >= 0.6 is 0 Å². The van der Waals surface area contributed by atoms with Crippen LogP contribution in [0.2, 0.25) is 0 Å². The smallest absolute Gasteiger partial charge is 0.137 e. The van der Waals surface area contributed by atoms with Crippen LogP contribution in [0.3, 0.4) is 0 Å². The third-order valence-electron chi connectivity index (χ3n) is 3.62. The zero-order valence-corrected chi connectivity index (χ0v) is 11.3. The van der Waals surface area contributed by atoms with Gasteiger partial charge in [-0.15, -0.1) is 0 Å². The molecule has 1 fully saturated rings. The molecule has 5 nitrogen and oxygen atoms in total. The Bertz CT molecular complexity index is 429. The van der Waals surface area contributed by atoms with Gasteiger partial charge in [0.1, 0.15) is 17.5 Å². The Morgan fingerprint density at radius 3 is 2.61 bits per heavy atom. The van der Waals surface area contributed by atoms with Crippen molar-refractivity contribution in [2.75, 3.05) is 24.2 Å². The summed E-state index contributed by atoms with van der Waals surface area (Å²) in [6.07, 6.45) is 2.47. The SMILES string of the molecule is CCc1nc(N)c(C)c(N(C)CC2CC(O)C2)n1. The molecule has 1 aliphatic rings. The summed E-state index contributed by atoms with van der Waals surface area (Å²) in [6, 6.07) is 0. The highest BCUT2D eigenvalue weighted by molar-refractivity contribution is 5.56. The molecule has 1 aromatic heterocycles. The largest absolute Gasteiger partial charge is 0.393 e. The van der Waals surface area contributed by atoms with Gasteiger partial charge in [-0.25, -0.2) is 9.97 Å². The molecule has 0 unspecified atom stereocenters. The van der Waals surface area contributed by atoms with Crippen LogP contribution in [0.4, 0.5) is 11.6 Å². The number of aromatic nitrogens is 2. The number of aliphatic hydroxyl groups excluding tert-OH is 1. The van der Waals surface area contributed by atoms with Crippen LogP contribution in [0.25, 0.3) is 0 Å². The molecule has 18 heavy (non-hydrogen) atoms. The van der Waals surface area contributed by atoms with Gasteiger partial charge in [-0.1, -0.05) is 6.92 Å². The number of anilines is 2. The van der Waals surface area contributed by atoms with Gasteiger partial charge in [0, 0.05) is 25.6 Å². The molecule has 0 bridgehead atoms. The number of hydrogen-bond acceptors (Lipinski definition) is 5. The lowest BCUT2D eigenvalue weighted by Crippen LogP contribution is -2.37. The van der Waals surface area contributed by atoms with Gasteiger partial charge in [0.2, 0.25) is 0 Å². The van der Waals surface area contributed by atoms with E-state index in [1.807, 2.05) is 20.9 Å². The van der Waals surface area contributed by atoms with E-state index < -0.39 is 0 Å². The first-order valence-electron chi connectivity index (χ1n) is 6.53. The number of nitrogens with two attached hydrogens (primary N) is 1. The summed E-state index contributed by atoms with van der Waals surface area (Å²) in [4.78, 5) is 10.9. The first-order valence-corrected chi connectivity index (χ1v) is 6.53. The Morgan fingerprint density at radius 2 is 2.06 bits per heavy atom. The molecule has 1 aromatic rings. The van der Waals surface area contributed by atoms with Gasteiger partial charge >= 0.3 is 0 Å². The summed E-state index contributed by atoms with van der Waals surface area (Å²) >= 11 is 0. The van der Waals surface area contributed by atoms with Crippen molar-refractivity contribution < 1.29 is 5.11 Å². The first kappa shape index (κ1) is 13.1. The van der Waals surface area contributed by atoms with Crippen LogP contribution in [0.5, 0.6) is 0 Å². The minimum absolute atomic E-state index is 0.105. The van der Waals surface area contributed by atoms with E-state index in [4.69, 9.17) is 5.73 Å². The molecule has 2 rings (SSSR count). The highest BCUT2D eigenvalue weighted by atomic mass is 16.3. The molecule has 1 saturated carbocycles. The average molecular weight is 250 g/mol. The normalized spacial score (nSPS) is 22.7. The fourth-order valence-electron chi connectivity index (χ4n) is 2.42. The molecule has 0 spiro atoms. The third kappa shape index (κ3) is 2.56. The van der Waals surface area contributed by atoms with Gasteiger partial charge in [0.05, 0.1) is 6.10 Å². The number of aliphatic hydroxyl groups is 1. The van der Waals surface area contributed by atoms with Gasteiger partial charge in [0.15, 0.2) is 0 Å². The number of aryl methyl sites for hydroxylation is 1. The van der Waals surface area contributed by atoms with E-state index in [2.05, 4.69) is 14.9 Å². The van der Waals surface area contributed by atoms with Gasteiger partial charge in [-0.05, 0) is 25.7 Å². The van der Waals surface area contributed by atoms with E-state index >= 15 is 0 Å². The van der Waals surface area contributed by atoms with Crippen LogP contribution in [-0.2, 0) is 6.42 Å². The van der Waals surface area contributed by atoms with Gasteiger partial charge in [-0.2, -0.15) is 0 Å². The van der Waals surface area contributed by atoms with Crippen molar-refractivity contribution in [2.24, 2.45) is 5.92 Å². The number of hydrogen-bond donors (Lipinski definition) is 2. The summed E-state index contributed by atoms with van der Waals surface area (Å²) < 4.78 is 0. The second-order valence-corrected chi connectivity index (χ2v) is 5.20. The van der Waals surface area contributed by atoms with Crippen molar-refractivity contribution in [3.63, 3.8) is 0 Å². The highest BCUT2D eigenvalue weighted by Crippen LogP contribution is 2.30. The van der Waals surface area contributed by atoms with Crippen molar-refractivity contribution in [2.45, 2.75) is 39.2 Å². The van der Waals surface area contributed by atoms with Crippen molar-refractivity contribution in [3.8, 4) is 0 Å². The first-order chi connectivity index (χ1) is 8.51. The topological polar surface area (TPSA) is 75.3 Å². The molecule has 0 amide bonds. The Hall–Kier alpha value is -1.36. The molecule has 3 N–H and O–H groups in total. The van der Waals surface area contributed by atoms with Crippen LogP contribution in [-0.4, -0.2) is 34.8 Å². The van der Waals surface area contributed by atoms with E-state index in [1.54, 1.807) is 0 Å². The van der Waals surface area contributed by atoms with Crippen LogP contribution in [0.15, 0.2) is 0 Å². The number of rotatable bonds is 4. The number of nitrogens with zero attached hydrogens (tertiary/aromatic N) is 3. The summed E-state index contributed by atoms with van der Waals surface area (Å²) in [5, 5.41) is 9.32. The van der Waals surface area contributed by atoms with Gasteiger partial charge in [0.25, 0.3) is 0 Å². The second-order valence-electron chi connectivity index (χ2n) is 5.20. The Kier molecular flexibility index (Phi) is 3.71. The molecule has 0 radical (unpaired) electrons. The molecular formula is C13H22N4O. The molecule has 1 heterocycles. The molecule has 0 aromatic carbocycles. The molecular weight excluding hydrogens is 228 g/mol. The summed E-state index contributed by atoms with van der Waals surface area (Å²) in [5.41, 5.74) is 6.86. The summed E-state index contributed by atoms with van der Waals surface area (Å²) in [6.45, 7) is 4.89. The highest BCUT2D eigenvalue weighted by Gasteiger charge is 2.28. The fraction of sp³-hybridized carbons (Fsp3) is 0.692. The zero-order chi connectivity index (χ0) is 13.3. The van der Waals surface area contributed by atoms with Crippen LogP contribution in [0.1, 0.15) is 31.2 Å². The molecule has 1 aliphatic carbocycles. The summed E-state index contributed by atoms with van der Waals surface area (Å²) in [5.74, 6) is 2.83. The minimum Gasteiger partial charge on any atom is -0.393 e. The van der Waals surface area contributed by atoms with Crippen LogP contribution < -0.4 is 10.6 Å². The Balaban J connectivity index is 2.13. The zero-order valence-electron chi connectivity index (χ0n) is 11.3. The minimum atomic E-state index is -0.105. The fourth-order valence-corrected chi connectivity index (χ4v) is 2.42. The maximum Gasteiger partial charge on any atom is 0.137 e. The second kappa shape index (κ2) is 5.10. The van der Waals surface area contributed by atoms with E-state index in [9.17, 15) is 5.11 Å². The predicted molar refractivity (Wildman–Crippen MR) is 72.6 cm³/mol. The average Bonchev–Trinajstić information content (AvgIpc) is 2.30. The molecule has 0 saturated heterocycles. The van der Waals surface area contributed by atoms with Crippen molar-refractivity contribution >= 4 is 11.6 Å². The standard InChI is InChI=1S/C13H22N4O/c1-4-11-15-12(14)8(2)13(16-11)17(3)7-9-5-10(18)6-9/h9-10,18H,4-7H2,1-3H3,(H2,14,15,16). The van der Waals surface area contributed by atoms with Crippen LogP contribution in [0, 0.1) is 12.8 Å². The van der Waals surface area contributed by atoms with E-state index in [0.717, 1.165) is 43.0 Å². The Labute approximate surface area is 108 Å². The molecule has 5 heteroatoms. The molecule has 100 valence electrons. The predicted octanol–water partition coefficient (Wildman–Crippen LogP) is 1.14. The van der Waals surface area contributed by atoms with Gasteiger partial charge in [-0.3, -0.25) is 0 Å². The van der Waals surface area contributed by atoms with Crippen molar-refractivity contribution in [1.29, 1.82) is 0 Å². The van der Waals surface area contributed by atoms with Crippen molar-refractivity contribution in [3.05, 3.63) is 11.4 Å². The maximum absolute atomic E-state index is 9.32. The molecule has 0 aliphatic heterocycles. The van der Waals surface area contributed by atoms with E-state index in [-0.39, 0.29) is 6.10 Å². The lowest BCUT2D eigenvalue weighted by atomic mass is 9.82. The molecule has 0 atom stereocenters. The van der Waals surface area contributed by atoms with Crippen molar-refractivity contribution in [1.82, 2.24) is 9.97 Å². The Morgan fingerprint density at radius 1 is 1.39 bits per heavy atom. The number of nitrogen functional groups attached to an aromatic ring is 1. The van der Waals surface area contributed by atoms with E-state index in [1.165, 1.54) is 0 Å². The quantitative estimate of drug-likeness (QED) is 0.838. The maximum atomic E-state index is 9.32. The third-order valence-corrected chi connectivity index (χ3v) is 3.62.